The SMILES string of the molecule is CC1(C)CC(NC(=O)C2(CN)CCC2)CC(C)(C)C1. The highest BCUT2D eigenvalue weighted by atomic mass is 16.2. The molecule has 0 unspecified atom stereocenters. The van der Waals surface area contributed by atoms with Gasteiger partial charge < -0.3 is 11.1 Å². The van der Waals surface area contributed by atoms with E-state index in [-0.39, 0.29) is 11.3 Å². The first-order valence-corrected chi connectivity index (χ1v) is 7.69. The van der Waals surface area contributed by atoms with E-state index in [1.807, 2.05) is 0 Å². The first kappa shape index (κ1) is 14.8. The molecule has 1 amide bonds. The highest BCUT2D eigenvalue weighted by Crippen LogP contribution is 2.46. The van der Waals surface area contributed by atoms with Crippen LogP contribution in [0.2, 0.25) is 0 Å². The van der Waals surface area contributed by atoms with Gasteiger partial charge in [0.15, 0.2) is 0 Å². The van der Waals surface area contributed by atoms with Crippen LogP contribution in [0.4, 0.5) is 0 Å². The molecule has 110 valence electrons. The topological polar surface area (TPSA) is 55.1 Å². The minimum Gasteiger partial charge on any atom is -0.353 e. The first-order chi connectivity index (χ1) is 8.68. The highest BCUT2D eigenvalue weighted by molar-refractivity contribution is 5.84. The maximum absolute atomic E-state index is 12.5. The van der Waals surface area contributed by atoms with Gasteiger partial charge in [-0.05, 0) is 42.9 Å². The molecule has 2 aliphatic rings. The van der Waals surface area contributed by atoms with Crippen LogP contribution in [0.3, 0.4) is 0 Å². The number of nitrogens with two attached hydrogens (primary N) is 1. The lowest BCUT2D eigenvalue weighted by atomic mass is 9.63. The van der Waals surface area contributed by atoms with E-state index in [0.717, 1.165) is 32.1 Å². The molecule has 3 N–H and O–H groups in total. The Morgan fingerprint density at radius 2 is 1.68 bits per heavy atom. The van der Waals surface area contributed by atoms with Gasteiger partial charge in [0.25, 0.3) is 0 Å². The highest BCUT2D eigenvalue weighted by Gasteiger charge is 2.45. The van der Waals surface area contributed by atoms with Gasteiger partial charge in [0.2, 0.25) is 5.91 Å². The summed E-state index contributed by atoms with van der Waals surface area (Å²) in [5.41, 5.74) is 6.21. The molecular weight excluding hydrogens is 236 g/mol. The number of hydrogen-bond donors (Lipinski definition) is 2. The van der Waals surface area contributed by atoms with Crippen molar-refractivity contribution in [1.82, 2.24) is 5.32 Å². The standard InChI is InChI=1S/C16H30N2O/c1-14(2)8-12(9-15(3,4)10-14)18-13(19)16(11-17)6-5-7-16/h12H,5-11,17H2,1-4H3,(H,18,19). The predicted octanol–water partition coefficient (Wildman–Crippen LogP) is 2.84. The van der Waals surface area contributed by atoms with Crippen LogP contribution in [-0.2, 0) is 4.79 Å². The van der Waals surface area contributed by atoms with E-state index in [0.29, 0.717) is 23.4 Å². The molecule has 0 saturated heterocycles. The zero-order valence-electron chi connectivity index (χ0n) is 13.0. The number of carbonyl (C=O) groups excluding carboxylic acids is 1. The molecule has 0 spiro atoms. The van der Waals surface area contributed by atoms with Crippen molar-refractivity contribution in [3.05, 3.63) is 0 Å². The van der Waals surface area contributed by atoms with E-state index in [2.05, 4.69) is 33.0 Å². The quantitative estimate of drug-likeness (QED) is 0.825. The summed E-state index contributed by atoms with van der Waals surface area (Å²) >= 11 is 0. The lowest BCUT2D eigenvalue weighted by Crippen LogP contribution is -2.55. The van der Waals surface area contributed by atoms with Gasteiger partial charge >= 0.3 is 0 Å². The van der Waals surface area contributed by atoms with Crippen molar-refractivity contribution >= 4 is 5.91 Å². The van der Waals surface area contributed by atoms with Crippen LogP contribution in [0.1, 0.15) is 66.2 Å². The molecular formula is C16H30N2O. The lowest BCUT2D eigenvalue weighted by molar-refractivity contribution is -0.136. The Morgan fingerprint density at radius 1 is 1.16 bits per heavy atom. The predicted molar refractivity (Wildman–Crippen MR) is 78.7 cm³/mol. The van der Waals surface area contributed by atoms with Gasteiger partial charge in [0.05, 0.1) is 5.41 Å². The molecule has 2 saturated carbocycles. The molecule has 0 atom stereocenters. The molecule has 0 aromatic rings. The Bertz CT molecular complexity index is 334. The van der Waals surface area contributed by atoms with Crippen LogP contribution in [0.5, 0.6) is 0 Å². The number of amides is 1. The van der Waals surface area contributed by atoms with Gasteiger partial charge in [-0.1, -0.05) is 34.1 Å². The molecule has 3 nitrogen and oxygen atoms in total. The molecule has 19 heavy (non-hydrogen) atoms. The van der Waals surface area contributed by atoms with E-state index in [9.17, 15) is 4.79 Å². The van der Waals surface area contributed by atoms with Crippen LogP contribution in [0.25, 0.3) is 0 Å². The number of hydrogen-bond acceptors (Lipinski definition) is 2. The van der Waals surface area contributed by atoms with E-state index in [1.165, 1.54) is 6.42 Å². The van der Waals surface area contributed by atoms with Gasteiger partial charge in [-0.2, -0.15) is 0 Å². The van der Waals surface area contributed by atoms with Crippen molar-refractivity contribution < 1.29 is 4.79 Å². The molecule has 0 aromatic carbocycles. The second kappa shape index (κ2) is 4.76. The molecule has 0 heterocycles. The van der Waals surface area contributed by atoms with Crippen LogP contribution in [0.15, 0.2) is 0 Å². The summed E-state index contributed by atoms with van der Waals surface area (Å²) in [7, 11) is 0. The average molecular weight is 266 g/mol. The van der Waals surface area contributed by atoms with Gasteiger partial charge in [0.1, 0.15) is 0 Å². The maximum atomic E-state index is 12.5. The fraction of sp³-hybridized carbons (Fsp3) is 0.938. The normalized spacial score (nSPS) is 28.5. The number of rotatable bonds is 3. The molecule has 0 aromatic heterocycles. The van der Waals surface area contributed by atoms with Crippen LogP contribution < -0.4 is 11.1 Å². The van der Waals surface area contributed by atoms with Gasteiger partial charge in [-0.3, -0.25) is 4.79 Å². The summed E-state index contributed by atoms with van der Waals surface area (Å²) in [6.45, 7) is 9.76. The zero-order chi connectivity index (χ0) is 14.3. The van der Waals surface area contributed by atoms with E-state index >= 15 is 0 Å². The van der Waals surface area contributed by atoms with Crippen LogP contribution in [-0.4, -0.2) is 18.5 Å². The Morgan fingerprint density at radius 3 is 2.05 bits per heavy atom. The second-order valence-corrected chi connectivity index (χ2v) is 8.42. The van der Waals surface area contributed by atoms with E-state index < -0.39 is 0 Å². The summed E-state index contributed by atoms with van der Waals surface area (Å²) in [4.78, 5) is 12.5. The average Bonchev–Trinajstić information content (AvgIpc) is 2.10. The monoisotopic (exact) mass is 266 g/mol. The third-order valence-corrected chi connectivity index (χ3v) is 5.07. The fourth-order valence-corrected chi connectivity index (χ4v) is 4.41. The number of nitrogens with one attached hydrogen (secondary N) is 1. The summed E-state index contributed by atoms with van der Waals surface area (Å²) in [6, 6.07) is 0.315. The van der Waals surface area contributed by atoms with Crippen molar-refractivity contribution in [3.63, 3.8) is 0 Å². The third kappa shape index (κ3) is 3.13. The molecule has 0 bridgehead atoms. The van der Waals surface area contributed by atoms with Gasteiger partial charge in [0, 0.05) is 12.6 Å². The summed E-state index contributed by atoms with van der Waals surface area (Å²) < 4.78 is 0. The summed E-state index contributed by atoms with van der Waals surface area (Å²) in [5, 5.41) is 3.30. The van der Waals surface area contributed by atoms with Crippen molar-refractivity contribution in [3.8, 4) is 0 Å². The maximum Gasteiger partial charge on any atom is 0.227 e. The molecule has 3 heteroatoms. The van der Waals surface area contributed by atoms with Gasteiger partial charge in [-0.25, -0.2) is 0 Å². The Labute approximate surface area is 117 Å². The van der Waals surface area contributed by atoms with Crippen molar-refractivity contribution in [2.24, 2.45) is 22.0 Å². The minimum absolute atomic E-state index is 0.208. The number of carbonyl (C=O) groups is 1. The second-order valence-electron chi connectivity index (χ2n) is 8.42. The van der Waals surface area contributed by atoms with Crippen LogP contribution in [0, 0.1) is 16.2 Å². The zero-order valence-corrected chi connectivity index (χ0v) is 13.0. The van der Waals surface area contributed by atoms with Crippen LogP contribution >= 0.6 is 0 Å². The van der Waals surface area contributed by atoms with Crippen molar-refractivity contribution in [2.45, 2.75) is 72.3 Å². The molecule has 2 fully saturated rings. The molecule has 2 rings (SSSR count). The summed E-state index contributed by atoms with van der Waals surface area (Å²) in [5.74, 6) is 0.208. The Hall–Kier alpha value is -0.570. The fourth-order valence-electron chi connectivity index (χ4n) is 4.41. The Balaban J connectivity index is 2.00. The molecule has 0 radical (unpaired) electrons. The molecule has 2 aliphatic carbocycles. The Kier molecular flexibility index (Phi) is 3.72. The molecule has 0 aliphatic heterocycles. The van der Waals surface area contributed by atoms with Crippen molar-refractivity contribution in [1.29, 1.82) is 0 Å². The largest absolute Gasteiger partial charge is 0.353 e. The third-order valence-electron chi connectivity index (χ3n) is 5.07. The smallest absolute Gasteiger partial charge is 0.227 e. The van der Waals surface area contributed by atoms with E-state index in [4.69, 9.17) is 5.73 Å². The van der Waals surface area contributed by atoms with E-state index in [1.54, 1.807) is 0 Å². The minimum atomic E-state index is -0.244. The lowest BCUT2D eigenvalue weighted by Gasteiger charge is -2.47. The van der Waals surface area contributed by atoms with Crippen molar-refractivity contribution in [2.75, 3.05) is 6.54 Å². The summed E-state index contributed by atoms with van der Waals surface area (Å²) in [6.07, 6.45) is 6.48. The van der Waals surface area contributed by atoms with Gasteiger partial charge in [-0.15, -0.1) is 0 Å². The first-order valence-electron chi connectivity index (χ1n) is 7.69.